The summed E-state index contributed by atoms with van der Waals surface area (Å²) in [4.78, 5) is 18.8. The van der Waals surface area contributed by atoms with Crippen molar-refractivity contribution in [3.05, 3.63) is 67.3 Å². The van der Waals surface area contributed by atoms with E-state index in [0.717, 1.165) is 5.39 Å². The highest BCUT2D eigenvalue weighted by atomic mass is 19.4. The number of alkyl halides is 3. The quantitative estimate of drug-likeness (QED) is 0.495. The van der Waals surface area contributed by atoms with Crippen LogP contribution in [0.3, 0.4) is 0 Å². The van der Waals surface area contributed by atoms with Gasteiger partial charge in [-0.1, -0.05) is 18.2 Å². The third-order valence-electron chi connectivity index (χ3n) is 4.16. The molecule has 4 aromatic rings. The Morgan fingerprint density at radius 1 is 0.931 bits per heavy atom. The second-order valence-electron chi connectivity index (χ2n) is 6.12. The zero-order chi connectivity index (χ0) is 20.4. The molecule has 29 heavy (non-hydrogen) atoms. The Morgan fingerprint density at radius 3 is 2.45 bits per heavy atom. The molecule has 0 aliphatic carbocycles. The summed E-state index contributed by atoms with van der Waals surface area (Å²) in [5.74, 6) is 0.629. The number of ether oxygens (including phenoxy) is 1. The van der Waals surface area contributed by atoms with Crippen LogP contribution in [0.25, 0.3) is 22.3 Å². The summed E-state index contributed by atoms with van der Waals surface area (Å²) in [6, 6.07) is 13.1. The van der Waals surface area contributed by atoms with Crippen LogP contribution in [-0.4, -0.2) is 33.3 Å². The van der Waals surface area contributed by atoms with Gasteiger partial charge in [0.25, 0.3) is 0 Å². The molecular formula is C20H14F3N5O. The van der Waals surface area contributed by atoms with Gasteiger partial charge in [0.1, 0.15) is 17.9 Å². The van der Waals surface area contributed by atoms with Crippen molar-refractivity contribution < 1.29 is 17.9 Å². The lowest BCUT2D eigenvalue weighted by molar-refractivity contribution is -0.274. The molecule has 0 atom stereocenters. The van der Waals surface area contributed by atoms with Gasteiger partial charge >= 0.3 is 6.36 Å². The predicted octanol–water partition coefficient (Wildman–Crippen LogP) is 4.75. The van der Waals surface area contributed by atoms with E-state index in [4.69, 9.17) is 0 Å². The van der Waals surface area contributed by atoms with Crippen molar-refractivity contribution in [2.45, 2.75) is 6.36 Å². The van der Waals surface area contributed by atoms with Gasteiger partial charge < -0.3 is 9.64 Å². The van der Waals surface area contributed by atoms with Crippen LogP contribution in [-0.2, 0) is 0 Å². The van der Waals surface area contributed by atoms with Crippen molar-refractivity contribution in [1.82, 2.24) is 19.9 Å². The minimum absolute atomic E-state index is 0.308. The number of rotatable bonds is 4. The summed E-state index contributed by atoms with van der Waals surface area (Å²) in [6.07, 6.45) is -0.166. The van der Waals surface area contributed by atoms with E-state index in [0.29, 0.717) is 28.4 Å². The number of para-hydroxylation sites is 1. The van der Waals surface area contributed by atoms with Crippen LogP contribution in [0.15, 0.2) is 67.3 Å². The van der Waals surface area contributed by atoms with Gasteiger partial charge in [0.05, 0.1) is 11.1 Å². The van der Waals surface area contributed by atoms with Crippen LogP contribution in [0, 0.1) is 0 Å². The van der Waals surface area contributed by atoms with Gasteiger partial charge in [0.15, 0.2) is 5.82 Å². The molecule has 0 saturated heterocycles. The van der Waals surface area contributed by atoms with Gasteiger partial charge in [-0.05, 0) is 24.3 Å². The SMILES string of the molecule is CN(c1cccc(OC(F)(F)F)c1)c1nc(-c2cncnc2)nc2ccccc12. The van der Waals surface area contributed by atoms with Crippen molar-refractivity contribution in [1.29, 1.82) is 0 Å². The van der Waals surface area contributed by atoms with Crippen LogP contribution in [0.5, 0.6) is 5.75 Å². The Bertz CT molecular complexity index is 1150. The molecule has 4 rings (SSSR count). The van der Waals surface area contributed by atoms with E-state index in [1.54, 1.807) is 30.4 Å². The van der Waals surface area contributed by atoms with Crippen molar-refractivity contribution in [3.8, 4) is 17.1 Å². The fraction of sp³-hybridized carbons (Fsp3) is 0.100. The molecule has 0 fully saturated rings. The predicted molar refractivity (Wildman–Crippen MR) is 102 cm³/mol. The van der Waals surface area contributed by atoms with Crippen LogP contribution < -0.4 is 9.64 Å². The number of halogens is 3. The van der Waals surface area contributed by atoms with Crippen molar-refractivity contribution in [2.75, 3.05) is 11.9 Å². The van der Waals surface area contributed by atoms with Gasteiger partial charge in [0, 0.05) is 36.6 Å². The first-order valence-electron chi connectivity index (χ1n) is 8.52. The first kappa shape index (κ1) is 18.6. The second kappa shape index (κ2) is 7.34. The standard InChI is InChI=1S/C20H14F3N5O/c1-28(14-5-4-6-15(9-14)29-20(21,22)23)19-16-7-2-3-8-17(16)26-18(27-19)13-10-24-12-25-11-13/h2-12H,1H3. The van der Waals surface area contributed by atoms with Gasteiger partial charge in [-0.2, -0.15) is 0 Å². The van der Waals surface area contributed by atoms with Gasteiger partial charge in [-0.3, -0.25) is 0 Å². The van der Waals surface area contributed by atoms with E-state index in [-0.39, 0.29) is 5.75 Å². The molecule has 0 amide bonds. The monoisotopic (exact) mass is 397 g/mol. The molecule has 2 heterocycles. The van der Waals surface area contributed by atoms with Crippen LogP contribution in [0.2, 0.25) is 0 Å². The number of benzene rings is 2. The lowest BCUT2D eigenvalue weighted by Crippen LogP contribution is -2.18. The van der Waals surface area contributed by atoms with E-state index in [9.17, 15) is 13.2 Å². The largest absolute Gasteiger partial charge is 0.573 e. The number of hydrogen-bond donors (Lipinski definition) is 0. The third kappa shape index (κ3) is 4.08. The van der Waals surface area contributed by atoms with Gasteiger partial charge in [0.2, 0.25) is 0 Å². The average molecular weight is 397 g/mol. The maximum atomic E-state index is 12.6. The molecule has 0 radical (unpaired) electrons. The Balaban J connectivity index is 1.82. The maximum absolute atomic E-state index is 12.6. The summed E-state index contributed by atoms with van der Waals surface area (Å²) >= 11 is 0. The summed E-state index contributed by atoms with van der Waals surface area (Å²) in [7, 11) is 1.72. The van der Waals surface area contributed by atoms with Gasteiger partial charge in [-0.15, -0.1) is 13.2 Å². The van der Waals surface area contributed by atoms with E-state index in [1.807, 2.05) is 24.3 Å². The zero-order valence-electron chi connectivity index (χ0n) is 15.1. The number of fused-ring (bicyclic) bond motifs is 1. The maximum Gasteiger partial charge on any atom is 0.573 e. The molecule has 0 aliphatic heterocycles. The Kier molecular flexibility index (Phi) is 4.71. The van der Waals surface area contributed by atoms with Crippen LogP contribution >= 0.6 is 0 Å². The fourth-order valence-corrected chi connectivity index (χ4v) is 2.87. The molecule has 6 nitrogen and oxygen atoms in total. The fourth-order valence-electron chi connectivity index (χ4n) is 2.87. The Hall–Kier alpha value is -3.75. The first-order valence-corrected chi connectivity index (χ1v) is 8.52. The van der Waals surface area contributed by atoms with E-state index < -0.39 is 6.36 Å². The molecule has 2 aromatic heterocycles. The van der Waals surface area contributed by atoms with E-state index >= 15 is 0 Å². The smallest absolute Gasteiger partial charge is 0.406 e. The van der Waals surface area contributed by atoms with Crippen molar-refractivity contribution in [2.24, 2.45) is 0 Å². The highest BCUT2D eigenvalue weighted by Crippen LogP contribution is 2.33. The molecule has 0 spiro atoms. The number of anilines is 2. The molecule has 0 aliphatic rings. The minimum atomic E-state index is -4.76. The molecule has 0 N–H and O–H groups in total. The van der Waals surface area contributed by atoms with E-state index in [2.05, 4.69) is 24.7 Å². The summed E-state index contributed by atoms with van der Waals surface area (Å²) in [6.45, 7) is 0. The lowest BCUT2D eigenvalue weighted by atomic mass is 10.2. The topological polar surface area (TPSA) is 64.0 Å². The first-order chi connectivity index (χ1) is 13.9. The second-order valence-corrected chi connectivity index (χ2v) is 6.12. The summed E-state index contributed by atoms with van der Waals surface area (Å²) < 4.78 is 41.8. The number of aromatic nitrogens is 4. The average Bonchev–Trinajstić information content (AvgIpc) is 2.72. The number of nitrogens with zero attached hydrogens (tertiary/aromatic N) is 5. The Morgan fingerprint density at radius 2 is 1.69 bits per heavy atom. The number of hydrogen-bond acceptors (Lipinski definition) is 6. The molecule has 0 bridgehead atoms. The molecule has 2 aromatic carbocycles. The zero-order valence-corrected chi connectivity index (χ0v) is 15.1. The molecule has 146 valence electrons. The normalized spacial score (nSPS) is 11.4. The molecule has 0 saturated carbocycles. The van der Waals surface area contributed by atoms with Gasteiger partial charge in [-0.25, -0.2) is 19.9 Å². The summed E-state index contributed by atoms with van der Waals surface area (Å²) in [5.41, 5.74) is 1.79. The molecule has 9 heteroatoms. The van der Waals surface area contributed by atoms with E-state index in [1.165, 1.54) is 24.5 Å². The van der Waals surface area contributed by atoms with Crippen molar-refractivity contribution in [3.63, 3.8) is 0 Å². The summed E-state index contributed by atoms with van der Waals surface area (Å²) in [5, 5.41) is 0.748. The van der Waals surface area contributed by atoms with Crippen LogP contribution in [0.4, 0.5) is 24.7 Å². The molecular weight excluding hydrogens is 383 g/mol. The van der Waals surface area contributed by atoms with Crippen molar-refractivity contribution >= 4 is 22.4 Å². The highest BCUT2D eigenvalue weighted by Gasteiger charge is 2.31. The Labute approximate surface area is 163 Å². The minimum Gasteiger partial charge on any atom is -0.406 e. The lowest BCUT2D eigenvalue weighted by Gasteiger charge is -2.21. The highest BCUT2D eigenvalue weighted by molar-refractivity contribution is 5.92. The third-order valence-corrected chi connectivity index (χ3v) is 4.16. The van der Waals surface area contributed by atoms with Crippen LogP contribution in [0.1, 0.15) is 0 Å². The molecule has 0 unspecified atom stereocenters.